The van der Waals surface area contributed by atoms with Crippen molar-refractivity contribution in [2.45, 2.75) is 23.3 Å². The maximum Gasteiger partial charge on any atom is 0.333 e. The summed E-state index contributed by atoms with van der Waals surface area (Å²) < 4.78 is 78.9. The fourth-order valence-corrected chi connectivity index (χ4v) is 5.99. The van der Waals surface area contributed by atoms with Crippen LogP contribution in [0.4, 0.5) is 8.78 Å². The van der Waals surface area contributed by atoms with Gasteiger partial charge in [0.1, 0.15) is 4.90 Å². The zero-order valence-electron chi connectivity index (χ0n) is 14.7. The lowest BCUT2D eigenvalue weighted by Gasteiger charge is -2.33. The monoisotopic (exact) mass is 454 g/mol. The van der Waals surface area contributed by atoms with Crippen LogP contribution in [0.2, 0.25) is 5.02 Å². The van der Waals surface area contributed by atoms with E-state index in [4.69, 9.17) is 11.6 Å². The Balaban J connectivity index is 1.77. The predicted octanol–water partition coefficient (Wildman–Crippen LogP) is 1.94. The molecule has 0 aliphatic carbocycles. The van der Waals surface area contributed by atoms with Crippen molar-refractivity contribution < 1.29 is 25.6 Å². The van der Waals surface area contributed by atoms with Crippen molar-refractivity contribution >= 4 is 31.6 Å². The molecule has 8 nitrogen and oxygen atoms in total. The number of benzene rings is 1. The van der Waals surface area contributed by atoms with Crippen molar-refractivity contribution in [3.63, 3.8) is 0 Å². The Labute approximate surface area is 166 Å². The smallest absolute Gasteiger partial charge is 0.210 e. The van der Waals surface area contributed by atoms with E-state index >= 15 is 0 Å². The Morgan fingerprint density at radius 1 is 0.964 bits per heavy atom. The highest BCUT2D eigenvalue weighted by Crippen LogP contribution is 2.25. The number of aromatic nitrogens is 2. The molecule has 28 heavy (non-hydrogen) atoms. The van der Waals surface area contributed by atoms with Gasteiger partial charge in [-0.1, -0.05) is 11.6 Å². The van der Waals surface area contributed by atoms with Gasteiger partial charge < -0.3 is 0 Å². The molecular weight excluding hydrogens is 438 g/mol. The Morgan fingerprint density at radius 3 is 1.93 bits per heavy atom. The van der Waals surface area contributed by atoms with Crippen molar-refractivity contribution in [1.82, 2.24) is 18.4 Å². The Kier molecular flexibility index (Phi) is 5.79. The van der Waals surface area contributed by atoms with E-state index in [-0.39, 0.29) is 46.3 Å². The minimum absolute atomic E-state index is 0.0449. The quantitative estimate of drug-likeness (QED) is 0.688. The lowest BCUT2D eigenvalue weighted by atomic mass is 10.4. The lowest BCUT2D eigenvalue weighted by Crippen LogP contribution is -2.50. The van der Waals surface area contributed by atoms with Crippen LogP contribution in [0.1, 0.15) is 12.2 Å². The standard InChI is InChI=1S/C15H17ClF2N4O4S2/c1-11-14(10-22(19-11)15(17)18)28(25,26)21-8-6-20(7-9-21)27(23,24)13-4-2-12(16)3-5-13/h2-5,10,15H,6-9H2,1H3. The SMILES string of the molecule is Cc1nn(C(F)F)cc1S(=O)(=O)N1CCN(S(=O)(=O)c2ccc(Cl)cc2)CC1. The van der Waals surface area contributed by atoms with Crippen LogP contribution >= 0.6 is 11.6 Å². The van der Waals surface area contributed by atoms with E-state index in [9.17, 15) is 25.6 Å². The first-order valence-electron chi connectivity index (χ1n) is 8.13. The summed E-state index contributed by atoms with van der Waals surface area (Å²) >= 11 is 5.77. The van der Waals surface area contributed by atoms with Gasteiger partial charge in [0.15, 0.2) is 0 Å². The molecule has 154 valence electrons. The first kappa shape index (κ1) is 21.1. The summed E-state index contributed by atoms with van der Waals surface area (Å²) in [6.07, 6.45) is 0.784. The number of nitrogens with zero attached hydrogens (tertiary/aromatic N) is 4. The van der Waals surface area contributed by atoms with Gasteiger partial charge in [0.2, 0.25) is 20.0 Å². The molecule has 13 heteroatoms. The van der Waals surface area contributed by atoms with Crippen molar-refractivity contribution in [2.75, 3.05) is 26.2 Å². The molecule has 0 bridgehead atoms. The summed E-state index contributed by atoms with van der Waals surface area (Å²) in [5.74, 6) is 0. The average Bonchev–Trinajstić information content (AvgIpc) is 3.05. The molecule has 1 saturated heterocycles. The van der Waals surface area contributed by atoms with Gasteiger partial charge in [-0.3, -0.25) is 0 Å². The van der Waals surface area contributed by atoms with E-state index in [1.807, 2.05) is 0 Å². The van der Waals surface area contributed by atoms with Gasteiger partial charge >= 0.3 is 6.55 Å². The number of piperazine rings is 1. The molecule has 1 aromatic carbocycles. The third-order valence-corrected chi connectivity index (χ3v) is 8.50. The van der Waals surface area contributed by atoms with Crippen LogP contribution < -0.4 is 0 Å². The van der Waals surface area contributed by atoms with Crippen LogP contribution in [0.3, 0.4) is 0 Å². The summed E-state index contributed by atoms with van der Waals surface area (Å²) in [6, 6.07) is 5.67. The van der Waals surface area contributed by atoms with Crippen LogP contribution in [0, 0.1) is 6.92 Å². The summed E-state index contributed by atoms with van der Waals surface area (Å²) in [5.41, 5.74) is -0.0449. The molecule has 0 N–H and O–H groups in total. The average molecular weight is 455 g/mol. The Hall–Kier alpha value is -1.60. The van der Waals surface area contributed by atoms with E-state index in [1.165, 1.54) is 35.5 Å². The molecule has 0 unspecified atom stereocenters. The molecule has 2 heterocycles. The summed E-state index contributed by atoms with van der Waals surface area (Å²) in [7, 11) is -7.86. The zero-order chi connectivity index (χ0) is 20.7. The Morgan fingerprint density at radius 2 is 1.46 bits per heavy atom. The number of hydrogen-bond donors (Lipinski definition) is 0. The molecule has 1 aromatic heterocycles. The molecule has 1 fully saturated rings. The van der Waals surface area contributed by atoms with Gasteiger partial charge in [-0.05, 0) is 31.2 Å². The van der Waals surface area contributed by atoms with Crippen molar-refractivity contribution in [2.24, 2.45) is 0 Å². The van der Waals surface area contributed by atoms with Crippen LogP contribution in [-0.2, 0) is 20.0 Å². The molecule has 2 aromatic rings. The van der Waals surface area contributed by atoms with E-state index in [2.05, 4.69) is 5.10 Å². The van der Waals surface area contributed by atoms with Gasteiger partial charge in [0.05, 0.1) is 16.8 Å². The number of rotatable bonds is 5. The minimum atomic E-state index is -4.07. The molecule has 1 aliphatic heterocycles. The van der Waals surface area contributed by atoms with Gasteiger partial charge in [-0.2, -0.15) is 22.5 Å². The van der Waals surface area contributed by atoms with Gasteiger partial charge in [0, 0.05) is 31.2 Å². The zero-order valence-corrected chi connectivity index (χ0v) is 17.1. The maximum absolute atomic E-state index is 12.8. The third kappa shape index (κ3) is 3.92. The highest BCUT2D eigenvalue weighted by Gasteiger charge is 2.35. The summed E-state index contributed by atoms with van der Waals surface area (Å²) in [5, 5.41) is 3.91. The Bertz CT molecular complexity index is 1060. The summed E-state index contributed by atoms with van der Waals surface area (Å²) in [4.78, 5) is -0.260. The predicted molar refractivity (Wildman–Crippen MR) is 97.2 cm³/mol. The highest BCUT2D eigenvalue weighted by atomic mass is 35.5. The molecule has 0 spiro atoms. The molecule has 3 rings (SSSR count). The van der Waals surface area contributed by atoms with Crippen LogP contribution in [0.5, 0.6) is 0 Å². The van der Waals surface area contributed by atoms with Gasteiger partial charge in [0.25, 0.3) is 0 Å². The summed E-state index contributed by atoms with van der Waals surface area (Å²) in [6.45, 7) is -1.96. The number of alkyl halides is 2. The number of aryl methyl sites for hydroxylation is 1. The van der Waals surface area contributed by atoms with Crippen molar-refractivity contribution in [3.05, 3.63) is 41.2 Å². The third-order valence-electron chi connectivity index (χ3n) is 4.34. The van der Waals surface area contributed by atoms with E-state index < -0.39 is 26.6 Å². The van der Waals surface area contributed by atoms with Crippen LogP contribution in [-0.4, -0.2) is 61.4 Å². The number of halogens is 3. The second kappa shape index (κ2) is 7.67. The van der Waals surface area contributed by atoms with E-state index in [0.29, 0.717) is 5.02 Å². The van der Waals surface area contributed by atoms with E-state index in [0.717, 1.165) is 10.5 Å². The lowest BCUT2D eigenvalue weighted by molar-refractivity contribution is 0.0561. The maximum atomic E-state index is 12.8. The van der Waals surface area contributed by atoms with Crippen molar-refractivity contribution in [3.8, 4) is 0 Å². The second-order valence-electron chi connectivity index (χ2n) is 6.10. The van der Waals surface area contributed by atoms with Crippen LogP contribution in [0.15, 0.2) is 40.3 Å². The molecular formula is C15H17ClF2N4O4S2. The van der Waals surface area contributed by atoms with Crippen LogP contribution in [0.25, 0.3) is 0 Å². The normalized spacial score (nSPS) is 17.3. The first-order valence-corrected chi connectivity index (χ1v) is 11.4. The topological polar surface area (TPSA) is 92.6 Å². The van der Waals surface area contributed by atoms with Gasteiger partial charge in [-0.25, -0.2) is 21.5 Å². The highest BCUT2D eigenvalue weighted by molar-refractivity contribution is 7.89. The molecule has 0 amide bonds. The van der Waals surface area contributed by atoms with Gasteiger partial charge in [-0.15, -0.1) is 0 Å². The van der Waals surface area contributed by atoms with E-state index in [1.54, 1.807) is 0 Å². The molecule has 0 radical (unpaired) electrons. The fourth-order valence-electron chi connectivity index (χ4n) is 2.86. The first-order chi connectivity index (χ1) is 13.0. The molecule has 0 atom stereocenters. The largest absolute Gasteiger partial charge is 0.333 e. The second-order valence-corrected chi connectivity index (χ2v) is 10.4. The minimum Gasteiger partial charge on any atom is -0.210 e. The molecule has 0 saturated carbocycles. The van der Waals surface area contributed by atoms with Crippen molar-refractivity contribution in [1.29, 1.82) is 0 Å². The molecule has 1 aliphatic rings. The number of hydrogen-bond acceptors (Lipinski definition) is 5. The fraction of sp³-hybridized carbons (Fsp3) is 0.400. The number of sulfonamides is 2.